The second-order valence-electron chi connectivity index (χ2n) is 2.85. The Bertz CT molecular complexity index is 364. The number of rotatable bonds is 2. The third kappa shape index (κ3) is 1.87. The van der Waals surface area contributed by atoms with Crippen molar-refractivity contribution in [3.63, 3.8) is 0 Å². The second kappa shape index (κ2) is 3.31. The van der Waals surface area contributed by atoms with Crippen molar-refractivity contribution < 1.29 is 4.74 Å². The molecule has 0 fully saturated rings. The molecule has 0 bridgehead atoms. The zero-order valence-electron chi connectivity index (χ0n) is 7.32. The van der Waals surface area contributed by atoms with E-state index in [9.17, 15) is 0 Å². The summed E-state index contributed by atoms with van der Waals surface area (Å²) in [5.74, 6) is 1.55. The number of aromatic nitrogens is 2. The van der Waals surface area contributed by atoms with Crippen molar-refractivity contribution in [1.82, 2.24) is 10.2 Å². The van der Waals surface area contributed by atoms with Crippen LogP contribution in [0.3, 0.4) is 0 Å². The van der Waals surface area contributed by atoms with Crippen LogP contribution in [0, 0.1) is 6.92 Å². The Morgan fingerprint density at radius 1 is 1.15 bits per heavy atom. The van der Waals surface area contributed by atoms with Crippen LogP contribution in [0.15, 0.2) is 36.7 Å². The van der Waals surface area contributed by atoms with Gasteiger partial charge in [0, 0.05) is 0 Å². The van der Waals surface area contributed by atoms with Gasteiger partial charge in [-0.3, -0.25) is 5.10 Å². The lowest BCUT2D eigenvalue weighted by Gasteiger charge is -2.01. The molecule has 2 rings (SSSR count). The lowest BCUT2D eigenvalue weighted by molar-refractivity contribution is 0.483. The van der Waals surface area contributed by atoms with Crippen molar-refractivity contribution in [2.75, 3.05) is 0 Å². The number of aromatic amines is 1. The number of hydrogen-bond acceptors (Lipinski definition) is 2. The molecule has 0 saturated heterocycles. The number of benzene rings is 1. The Hall–Kier alpha value is -1.77. The molecular weight excluding hydrogens is 164 g/mol. The smallest absolute Gasteiger partial charge is 0.165 e. The highest BCUT2D eigenvalue weighted by molar-refractivity contribution is 5.30. The number of nitrogens with zero attached hydrogens (tertiary/aromatic N) is 1. The van der Waals surface area contributed by atoms with Crippen LogP contribution >= 0.6 is 0 Å². The zero-order chi connectivity index (χ0) is 9.10. The van der Waals surface area contributed by atoms with Gasteiger partial charge in [-0.25, -0.2) is 0 Å². The normalized spacial score (nSPS) is 9.92. The van der Waals surface area contributed by atoms with Gasteiger partial charge in [-0.15, -0.1) is 0 Å². The van der Waals surface area contributed by atoms with E-state index in [-0.39, 0.29) is 0 Å². The number of aryl methyl sites for hydroxylation is 1. The molecule has 0 aliphatic heterocycles. The number of ether oxygens (including phenoxy) is 1. The van der Waals surface area contributed by atoms with Crippen LogP contribution in [0.1, 0.15) is 5.56 Å². The molecule has 1 N–H and O–H groups in total. The Labute approximate surface area is 76.4 Å². The van der Waals surface area contributed by atoms with Crippen molar-refractivity contribution in [3.05, 3.63) is 42.2 Å². The molecule has 0 amide bonds. The van der Waals surface area contributed by atoms with Gasteiger partial charge in [-0.1, -0.05) is 17.7 Å². The van der Waals surface area contributed by atoms with E-state index in [0.717, 1.165) is 11.5 Å². The summed E-state index contributed by atoms with van der Waals surface area (Å²) < 4.78 is 5.48. The van der Waals surface area contributed by atoms with Crippen molar-refractivity contribution in [1.29, 1.82) is 0 Å². The largest absolute Gasteiger partial charge is 0.454 e. The van der Waals surface area contributed by atoms with E-state index >= 15 is 0 Å². The first kappa shape index (κ1) is 7.86. The van der Waals surface area contributed by atoms with Crippen molar-refractivity contribution in [3.8, 4) is 11.5 Å². The van der Waals surface area contributed by atoms with Crippen LogP contribution in [0.2, 0.25) is 0 Å². The predicted molar refractivity (Wildman–Crippen MR) is 49.8 cm³/mol. The molecule has 1 aromatic carbocycles. The SMILES string of the molecule is Cc1ccc(Oc2cn[nH]c2)cc1. The fourth-order valence-corrected chi connectivity index (χ4v) is 1.04. The summed E-state index contributed by atoms with van der Waals surface area (Å²) in [5.41, 5.74) is 1.22. The summed E-state index contributed by atoms with van der Waals surface area (Å²) in [6.45, 7) is 2.04. The lowest BCUT2D eigenvalue weighted by Crippen LogP contribution is -1.81. The third-order valence-corrected chi connectivity index (χ3v) is 1.73. The van der Waals surface area contributed by atoms with E-state index in [4.69, 9.17) is 4.74 Å². The van der Waals surface area contributed by atoms with Crippen LogP contribution in [0.5, 0.6) is 11.5 Å². The van der Waals surface area contributed by atoms with Crippen molar-refractivity contribution in [2.45, 2.75) is 6.92 Å². The van der Waals surface area contributed by atoms with E-state index in [1.165, 1.54) is 5.56 Å². The standard InChI is InChI=1S/C10H10N2O/c1-8-2-4-9(5-3-8)13-10-6-11-12-7-10/h2-7H,1H3,(H,11,12). The van der Waals surface area contributed by atoms with Gasteiger partial charge in [0.15, 0.2) is 5.75 Å². The maximum absolute atomic E-state index is 5.48. The zero-order valence-corrected chi connectivity index (χ0v) is 7.32. The maximum atomic E-state index is 5.48. The molecule has 1 heterocycles. The van der Waals surface area contributed by atoms with Crippen LogP contribution in [-0.2, 0) is 0 Å². The quantitative estimate of drug-likeness (QED) is 0.759. The van der Waals surface area contributed by atoms with E-state index in [0.29, 0.717) is 0 Å². The minimum atomic E-state index is 0.726. The van der Waals surface area contributed by atoms with E-state index in [2.05, 4.69) is 10.2 Å². The monoisotopic (exact) mass is 174 g/mol. The summed E-state index contributed by atoms with van der Waals surface area (Å²) in [5, 5.41) is 6.47. The fourth-order valence-electron chi connectivity index (χ4n) is 1.04. The fraction of sp³-hybridized carbons (Fsp3) is 0.100. The van der Waals surface area contributed by atoms with Gasteiger partial charge in [0.1, 0.15) is 5.75 Å². The van der Waals surface area contributed by atoms with E-state index in [1.54, 1.807) is 12.4 Å². The molecule has 0 aliphatic carbocycles. The average molecular weight is 174 g/mol. The van der Waals surface area contributed by atoms with Gasteiger partial charge in [-0.05, 0) is 19.1 Å². The summed E-state index contributed by atoms with van der Waals surface area (Å²) >= 11 is 0. The Balaban J connectivity index is 2.15. The van der Waals surface area contributed by atoms with Crippen LogP contribution in [0.4, 0.5) is 0 Å². The predicted octanol–water partition coefficient (Wildman–Crippen LogP) is 2.51. The molecule has 0 atom stereocenters. The molecule has 0 unspecified atom stereocenters. The van der Waals surface area contributed by atoms with Gasteiger partial charge in [0.25, 0.3) is 0 Å². The second-order valence-corrected chi connectivity index (χ2v) is 2.85. The van der Waals surface area contributed by atoms with Gasteiger partial charge in [0.2, 0.25) is 0 Å². The number of hydrogen-bond donors (Lipinski definition) is 1. The van der Waals surface area contributed by atoms with Gasteiger partial charge >= 0.3 is 0 Å². The first-order valence-electron chi connectivity index (χ1n) is 4.08. The Morgan fingerprint density at radius 3 is 2.54 bits per heavy atom. The Kier molecular flexibility index (Phi) is 2.00. The number of nitrogens with one attached hydrogen (secondary N) is 1. The minimum Gasteiger partial charge on any atom is -0.454 e. The van der Waals surface area contributed by atoms with Crippen LogP contribution < -0.4 is 4.74 Å². The highest BCUT2D eigenvalue weighted by Crippen LogP contribution is 2.19. The van der Waals surface area contributed by atoms with Crippen LogP contribution in [-0.4, -0.2) is 10.2 Å². The van der Waals surface area contributed by atoms with E-state index in [1.807, 2.05) is 31.2 Å². The summed E-state index contributed by atoms with van der Waals surface area (Å²) in [7, 11) is 0. The summed E-state index contributed by atoms with van der Waals surface area (Å²) in [4.78, 5) is 0. The molecule has 0 spiro atoms. The van der Waals surface area contributed by atoms with Gasteiger partial charge in [0.05, 0.1) is 12.4 Å². The van der Waals surface area contributed by atoms with Gasteiger partial charge < -0.3 is 4.74 Å². The maximum Gasteiger partial charge on any atom is 0.165 e. The van der Waals surface area contributed by atoms with Crippen molar-refractivity contribution >= 4 is 0 Å². The first-order valence-corrected chi connectivity index (χ1v) is 4.08. The summed E-state index contributed by atoms with van der Waals surface area (Å²) in [6, 6.07) is 7.88. The first-order chi connectivity index (χ1) is 6.34. The topological polar surface area (TPSA) is 37.9 Å². The van der Waals surface area contributed by atoms with Crippen molar-refractivity contribution in [2.24, 2.45) is 0 Å². The molecule has 66 valence electrons. The number of H-pyrrole nitrogens is 1. The third-order valence-electron chi connectivity index (χ3n) is 1.73. The molecule has 0 saturated carbocycles. The summed E-state index contributed by atoms with van der Waals surface area (Å²) in [6.07, 6.45) is 3.35. The lowest BCUT2D eigenvalue weighted by atomic mass is 10.2. The molecular formula is C10H10N2O. The van der Waals surface area contributed by atoms with Gasteiger partial charge in [-0.2, -0.15) is 5.10 Å². The highest BCUT2D eigenvalue weighted by atomic mass is 16.5. The van der Waals surface area contributed by atoms with Crippen LogP contribution in [0.25, 0.3) is 0 Å². The molecule has 0 radical (unpaired) electrons. The molecule has 1 aromatic heterocycles. The molecule has 0 aliphatic rings. The molecule has 13 heavy (non-hydrogen) atoms. The minimum absolute atomic E-state index is 0.726. The highest BCUT2D eigenvalue weighted by Gasteiger charge is 1.96. The average Bonchev–Trinajstić information content (AvgIpc) is 2.62. The molecule has 3 nitrogen and oxygen atoms in total. The van der Waals surface area contributed by atoms with E-state index < -0.39 is 0 Å². The Morgan fingerprint density at radius 2 is 1.92 bits per heavy atom. The molecule has 3 heteroatoms. The molecule has 2 aromatic rings.